The van der Waals surface area contributed by atoms with Crippen molar-refractivity contribution in [1.29, 1.82) is 0 Å². The van der Waals surface area contributed by atoms with Gasteiger partial charge in [0.25, 0.3) is 0 Å². The topological polar surface area (TPSA) is 57.0 Å². The van der Waals surface area contributed by atoms with E-state index in [1.165, 1.54) is 32.8 Å². The van der Waals surface area contributed by atoms with Crippen molar-refractivity contribution < 1.29 is 9.53 Å². The lowest BCUT2D eigenvalue weighted by Gasteiger charge is -2.10. The van der Waals surface area contributed by atoms with E-state index in [0.29, 0.717) is 17.7 Å². The van der Waals surface area contributed by atoms with Gasteiger partial charge in [-0.3, -0.25) is 4.79 Å². The third kappa shape index (κ3) is 2.78. The maximum atomic E-state index is 11.4. The number of rotatable bonds is 6. The van der Waals surface area contributed by atoms with Gasteiger partial charge in [0.1, 0.15) is 5.82 Å². The van der Waals surface area contributed by atoms with Crippen LogP contribution in [0.1, 0.15) is 50.4 Å². The predicted octanol–water partition coefficient (Wildman–Crippen LogP) is 2.39. The van der Waals surface area contributed by atoms with E-state index in [1.54, 1.807) is 11.8 Å². The SMILES string of the molecule is COC(=O)C(C)CSc1nnc(C2CC2)n1C1CC1. The second-order valence-corrected chi connectivity index (χ2v) is 6.44. The molecule has 0 radical (unpaired) electrons. The zero-order valence-electron chi connectivity index (χ0n) is 11.3. The van der Waals surface area contributed by atoms with E-state index in [0.717, 1.165) is 11.0 Å². The molecule has 1 heterocycles. The summed E-state index contributed by atoms with van der Waals surface area (Å²) in [7, 11) is 1.43. The fourth-order valence-corrected chi connectivity index (χ4v) is 3.17. The highest BCUT2D eigenvalue weighted by Crippen LogP contribution is 2.46. The van der Waals surface area contributed by atoms with Crippen LogP contribution in [0.2, 0.25) is 0 Å². The number of carbonyl (C=O) groups is 1. The van der Waals surface area contributed by atoms with E-state index in [4.69, 9.17) is 4.74 Å². The van der Waals surface area contributed by atoms with E-state index in [-0.39, 0.29) is 11.9 Å². The first-order valence-electron chi connectivity index (χ1n) is 6.86. The van der Waals surface area contributed by atoms with Gasteiger partial charge in [-0.1, -0.05) is 18.7 Å². The van der Waals surface area contributed by atoms with E-state index in [9.17, 15) is 4.79 Å². The number of hydrogen-bond donors (Lipinski definition) is 0. The van der Waals surface area contributed by atoms with Gasteiger partial charge in [-0.2, -0.15) is 0 Å². The lowest BCUT2D eigenvalue weighted by atomic mass is 10.2. The molecule has 0 N–H and O–H groups in total. The van der Waals surface area contributed by atoms with Gasteiger partial charge in [-0.05, 0) is 25.7 Å². The summed E-state index contributed by atoms with van der Waals surface area (Å²) in [6.07, 6.45) is 4.96. The van der Waals surface area contributed by atoms with Gasteiger partial charge in [-0.25, -0.2) is 0 Å². The summed E-state index contributed by atoms with van der Waals surface area (Å²) in [6, 6.07) is 0.599. The Hall–Kier alpha value is -1.04. The first-order chi connectivity index (χ1) is 9.20. The Balaban J connectivity index is 1.68. The molecule has 1 unspecified atom stereocenters. The summed E-state index contributed by atoms with van der Waals surface area (Å²) >= 11 is 1.62. The molecule has 0 aliphatic heterocycles. The van der Waals surface area contributed by atoms with Crippen molar-refractivity contribution in [3.63, 3.8) is 0 Å². The Morgan fingerprint density at radius 1 is 1.42 bits per heavy atom. The van der Waals surface area contributed by atoms with E-state index >= 15 is 0 Å². The molecule has 19 heavy (non-hydrogen) atoms. The molecule has 2 saturated carbocycles. The average Bonchev–Trinajstić information content (AvgIpc) is 3.33. The molecule has 2 fully saturated rings. The molecular formula is C13H19N3O2S. The molecule has 5 nitrogen and oxygen atoms in total. The number of hydrogen-bond acceptors (Lipinski definition) is 5. The van der Waals surface area contributed by atoms with Crippen LogP contribution in [0.3, 0.4) is 0 Å². The van der Waals surface area contributed by atoms with Gasteiger partial charge in [0.15, 0.2) is 5.16 Å². The molecule has 6 heteroatoms. The number of thioether (sulfide) groups is 1. The fraction of sp³-hybridized carbons (Fsp3) is 0.769. The largest absolute Gasteiger partial charge is 0.469 e. The van der Waals surface area contributed by atoms with E-state index in [1.807, 2.05) is 6.92 Å². The summed E-state index contributed by atoms with van der Waals surface area (Å²) in [4.78, 5) is 11.4. The first-order valence-corrected chi connectivity index (χ1v) is 7.84. The lowest BCUT2D eigenvalue weighted by molar-refractivity contribution is -0.143. The summed E-state index contributed by atoms with van der Waals surface area (Å²) in [5.41, 5.74) is 0. The molecule has 104 valence electrons. The van der Waals surface area contributed by atoms with Gasteiger partial charge in [-0.15, -0.1) is 10.2 Å². The Morgan fingerprint density at radius 3 is 2.74 bits per heavy atom. The summed E-state index contributed by atoms with van der Waals surface area (Å²) in [5, 5.41) is 9.65. The van der Waals surface area contributed by atoms with Crippen LogP contribution in [0, 0.1) is 5.92 Å². The van der Waals surface area contributed by atoms with Gasteiger partial charge in [0.2, 0.25) is 0 Å². The highest BCUT2D eigenvalue weighted by atomic mass is 32.2. The number of ether oxygens (including phenoxy) is 1. The lowest BCUT2D eigenvalue weighted by Crippen LogP contribution is -2.15. The Bertz CT molecular complexity index is 480. The monoisotopic (exact) mass is 281 g/mol. The minimum absolute atomic E-state index is 0.108. The molecule has 3 rings (SSSR count). The third-order valence-electron chi connectivity index (χ3n) is 3.61. The van der Waals surface area contributed by atoms with Crippen LogP contribution in [0.15, 0.2) is 5.16 Å². The third-order valence-corrected chi connectivity index (χ3v) is 4.81. The standard InChI is InChI=1S/C13H19N3O2S/c1-8(12(17)18-2)7-19-13-15-14-11(9-3-4-9)16(13)10-5-6-10/h8-10H,3-7H2,1-2H3. The number of methoxy groups -OCH3 is 1. The molecular weight excluding hydrogens is 262 g/mol. The van der Waals surface area contributed by atoms with Gasteiger partial charge in [0, 0.05) is 17.7 Å². The number of nitrogens with zero attached hydrogens (tertiary/aromatic N) is 3. The van der Waals surface area contributed by atoms with Crippen LogP contribution < -0.4 is 0 Å². The smallest absolute Gasteiger partial charge is 0.309 e. The maximum absolute atomic E-state index is 11.4. The zero-order valence-corrected chi connectivity index (χ0v) is 12.2. The molecule has 0 aromatic carbocycles. The minimum atomic E-state index is -0.160. The summed E-state index contributed by atoms with van der Waals surface area (Å²) in [6.45, 7) is 1.89. The molecule has 0 amide bonds. The zero-order chi connectivity index (χ0) is 13.4. The number of aromatic nitrogens is 3. The first kappa shape index (κ1) is 13.0. The van der Waals surface area contributed by atoms with Crippen LogP contribution in [0.4, 0.5) is 0 Å². The van der Waals surface area contributed by atoms with Crippen molar-refractivity contribution in [2.75, 3.05) is 12.9 Å². The van der Waals surface area contributed by atoms with Crippen LogP contribution in [-0.2, 0) is 9.53 Å². The van der Waals surface area contributed by atoms with Crippen molar-refractivity contribution in [1.82, 2.24) is 14.8 Å². The van der Waals surface area contributed by atoms with Crippen LogP contribution >= 0.6 is 11.8 Å². The van der Waals surface area contributed by atoms with Crippen molar-refractivity contribution in [2.45, 2.75) is 49.7 Å². The normalized spacial score (nSPS) is 20.3. The summed E-state index contributed by atoms with van der Waals surface area (Å²) < 4.78 is 7.06. The number of carbonyl (C=O) groups excluding carboxylic acids is 1. The number of esters is 1. The molecule has 2 aliphatic rings. The molecule has 1 aromatic rings. The van der Waals surface area contributed by atoms with Crippen LogP contribution in [-0.4, -0.2) is 33.6 Å². The van der Waals surface area contributed by atoms with Gasteiger partial charge < -0.3 is 9.30 Å². The van der Waals surface area contributed by atoms with Gasteiger partial charge >= 0.3 is 5.97 Å². The summed E-state index contributed by atoms with van der Waals surface area (Å²) in [5.74, 6) is 2.22. The Labute approximate surface area is 117 Å². The quantitative estimate of drug-likeness (QED) is 0.592. The molecule has 1 atom stereocenters. The van der Waals surface area contributed by atoms with Crippen molar-refractivity contribution in [3.05, 3.63) is 5.82 Å². The Morgan fingerprint density at radius 2 is 2.16 bits per heavy atom. The predicted molar refractivity (Wildman–Crippen MR) is 72.2 cm³/mol. The molecule has 2 aliphatic carbocycles. The fourth-order valence-electron chi connectivity index (χ4n) is 2.15. The molecule has 1 aromatic heterocycles. The second kappa shape index (κ2) is 5.15. The second-order valence-electron chi connectivity index (χ2n) is 5.45. The van der Waals surface area contributed by atoms with Crippen LogP contribution in [0.5, 0.6) is 0 Å². The van der Waals surface area contributed by atoms with Crippen molar-refractivity contribution in [2.24, 2.45) is 5.92 Å². The maximum Gasteiger partial charge on any atom is 0.309 e. The Kier molecular flexibility index (Phi) is 3.52. The van der Waals surface area contributed by atoms with Gasteiger partial charge in [0.05, 0.1) is 13.0 Å². The molecule has 0 bridgehead atoms. The van der Waals surface area contributed by atoms with E-state index in [2.05, 4.69) is 14.8 Å². The van der Waals surface area contributed by atoms with Crippen molar-refractivity contribution in [3.8, 4) is 0 Å². The highest BCUT2D eigenvalue weighted by molar-refractivity contribution is 7.99. The average molecular weight is 281 g/mol. The van der Waals surface area contributed by atoms with E-state index < -0.39 is 0 Å². The minimum Gasteiger partial charge on any atom is -0.469 e. The highest BCUT2D eigenvalue weighted by Gasteiger charge is 2.36. The molecule has 0 spiro atoms. The van der Waals surface area contributed by atoms with Crippen molar-refractivity contribution >= 4 is 17.7 Å². The molecule has 0 saturated heterocycles. The van der Waals surface area contributed by atoms with Crippen LogP contribution in [0.25, 0.3) is 0 Å².